The number of nitrogens with two attached hydrogens (primary N) is 2. The highest BCUT2D eigenvalue weighted by atomic mass is 79.9. The van der Waals surface area contributed by atoms with Crippen molar-refractivity contribution in [2.24, 2.45) is 7.05 Å². The van der Waals surface area contributed by atoms with Gasteiger partial charge >= 0.3 is 0 Å². The van der Waals surface area contributed by atoms with Crippen LogP contribution in [0.5, 0.6) is 0 Å². The van der Waals surface area contributed by atoms with Crippen molar-refractivity contribution < 1.29 is 4.39 Å². The molecule has 4 rings (SSSR count). The molecule has 0 fully saturated rings. The Bertz CT molecular complexity index is 1120. The molecule has 0 aliphatic carbocycles. The monoisotopic (exact) mass is 385 g/mol. The number of hydrogen-bond donors (Lipinski definition) is 2. The molecule has 5 nitrogen and oxygen atoms in total. The number of halogens is 2. The second-order valence-corrected chi connectivity index (χ2v) is 6.51. The van der Waals surface area contributed by atoms with Crippen LogP contribution in [-0.2, 0) is 7.05 Å². The highest BCUT2D eigenvalue weighted by Gasteiger charge is 2.17. The van der Waals surface area contributed by atoms with Crippen LogP contribution in [0.1, 0.15) is 0 Å². The maximum atomic E-state index is 14.5. The Hall–Kier alpha value is -2.67. The van der Waals surface area contributed by atoms with E-state index in [0.717, 1.165) is 21.9 Å². The van der Waals surface area contributed by atoms with Crippen LogP contribution in [0.25, 0.3) is 32.9 Å². The fourth-order valence-electron chi connectivity index (χ4n) is 3.08. The molecule has 7 heteroatoms. The van der Waals surface area contributed by atoms with Crippen molar-refractivity contribution in [1.29, 1.82) is 0 Å². The van der Waals surface area contributed by atoms with Crippen molar-refractivity contribution in [3.8, 4) is 11.1 Å². The summed E-state index contributed by atoms with van der Waals surface area (Å²) in [5.41, 5.74) is 14.5. The van der Waals surface area contributed by atoms with Crippen LogP contribution in [0.15, 0.2) is 41.0 Å². The van der Waals surface area contributed by atoms with E-state index in [1.54, 1.807) is 18.2 Å². The minimum atomic E-state index is -0.318. The lowest BCUT2D eigenvalue weighted by molar-refractivity contribution is 0.630. The molecule has 0 radical (unpaired) electrons. The first kappa shape index (κ1) is 14.9. The molecule has 4 N–H and O–H groups in total. The minimum absolute atomic E-state index is 0.0949. The van der Waals surface area contributed by atoms with E-state index in [0.29, 0.717) is 21.4 Å². The maximum absolute atomic E-state index is 14.5. The number of nitrogen functional groups attached to an aromatic ring is 2. The first-order valence-electron chi connectivity index (χ1n) is 7.22. The molecule has 0 aliphatic heterocycles. The number of aryl methyl sites for hydroxylation is 1. The van der Waals surface area contributed by atoms with Crippen molar-refractivity contribution in [2.75, 3.05) is 11.5 Å². The number of hydrogen-bond acceptors (Lipinski definition) is 4. The van der Waals surface area contributed by atoms with E-state index in [9.17, 15) is 4.39 Å². The summed E-state index contributed by atoms with van der Waals surface area (Å²) in [5.74, 6) is 0.0928. The lowest BCUT2D eigenvalue weighted by atomic mass is 9.99. The molecule has 0 bridgehead atoms. The van der Waals surface area contributed by atoms with E-state index in [1.807, 2.05) is 23.9 Å². The summed E-state index contributed by atoms with van der Waals surface area (Å²) in [6, 6.07) is 8.71. The Morgan fingerprint density at radius 3 is 2.62 bits per heavy atom. The van der Waals surface area contributed by atoms with Crippen molar-refractivity contribution in [1.82, 2.24) is 14.5 Å². The molecule has 0 saturated carbocycles. The van der Waals surface area contributed by atoms with Gasteiger partial charge in [0.05, 0.1) is 16.4 Å². The van der Waals surface area contributed by atoms with Crippen molar-refractivity contribution in [3.05, 3.63) is 46.8 Å². The number of fused-ring (bicyclic) bond motifs is 3. The summed E-state index contributed by atoms with van der Waals surface area (Å²) < 4.78 is 17.2. The second kappa shape index (κ2) is 5.17. The number of aromatic nitrogens is 3. The third-order valence-electron chi connectivity index (χ3n) is 4.08. The van der Waals surface area contributed by atoms with E-state index in [4.69, 9.17) is 11.5 Å². The van der Waals surface area contributed by atoms with Crippen LogP contribution in [0.4, 0.5) is 16.2 Å². The Morgan fingerprint density at radius 1 is 1.08 bits per heavy atom. The van der Waals surface area contributed by atoms with Gasteiger partial charge in [-0.2, -0.15) is 4.98 Å². The molecule has 0 unspecified atom stereocenters. The van der Waals surface area contributed by atoms with E-state index in [-0.39, 0.29) is 11.8 Å². The SMILES string of the molecule is Cn1ccc2c3c(N)nc(N)nc3cc(-c3ccc(Br)cc3F)c21. The molecule has 2 aromatic carbocycles. The zero-order chi connectivity index (χ0) is 17.0. The van der Waals surface area contributed by atoms with Gasteiger partial charge in [0, 0.05) is 34.2 Å². The normalized spacial score (nSPS) is 11.5. The van der Waals surface area contributed by atoms with Crippen LogP contribution in [-0.4, -0.2) is 14.5 Å². The van der Waals surface area contributed by atoms with Gasteiger partial charge in [0.2, 0.25) is 5.95 Å². The van der Waals surface area contributed by atoms with Crippen LogP contribution in [0.3, 0.4) is 0 Å². The molecule has 0 amide bonds. The van der Waals surface area contributed by atoms with Crippen molar-refractivity contribution >= 4 is 49.5 Å². The van der Waals surface area contributed by atoms with Gasteiger partial charge in [0.1, 0.15) is 11.6 Å². The largest absolute Gasteiger partial charge is 0.383 e. The molecule has 24 heavy (non-hydrogen) atoms. The summed E-state index contributed by atoms with van der Waals surface area (Å²) >= 11 is 3.29. The number of anilines is 2. The molecule has 0 saturated heterocycles. The van der Waals surface area contributed by atoms with E-state index >= 15 is 0 Å². The second-order valence-electron chi connectivity index (χ2n) is 5.60. The molecule has 0 aliphatic rings. The number of benzene rings is 2. The summed E-state index contributed by atoms with van der Waals surface area (Å²) in [6.07, 6.45) is 1.90. The summed E-state index contributed by atoms with van der Waals surface area (Å²) in [7, 11) is 1.91. The maximum Gasteiger partial charge on any atom is 0.222 e. The third-order valence-corrected chi connectivity index (χ3v) is 4.57. The molecule has 2 aromatic heterocycles. The van der Waals surface area contributed by atoms with Crippen molar-refractivity contribution in [3.63, 3.8) is 0 Å². The van der Waals surface area contributed by atoms with Crippen LogP contribution in [0, 0.1) is 5.82 Å². The van der Waals surface area contributed by atoms with Gasteiger partial charge in [0.15, 0.2) is 0 Å². The van der Waals surface area contributed by atoms with Gasteiger partial charge in [0.25, 0.3) is 0 Å². The number of rotatable bonds is 1. The lowest BCUT2D eigenvalue weighted by Gasteiger charge is -2.12. The van der Waals surface area contributed by atoms with Crippen LogP contribution in [0.2, 0.25) is 0 Å². The van der Waals surface area contributed by atoms with E-state index in [1.165, 1.54) is 6.07 Å². The topological polar surface area (TPSA) is 82.8 Å². The standard InChI is InChI=1S/C17H13BrFN5/c1-24-5-4-10-14-13(22-17(21)23-16(14)20)7-11(15(10)24)9-3-2-8(18)6-12(9)19/h2-7H,1H3,(H4,20,21,22,23). The molecular formula is C17H13BrFN5. The average Bonchev–Trinajstić information content (AvgIpc) is 2.88. The van der Waals surface area contributed by atoms with Gasteiger partial charge in [-0.25, -0.2) is 9.37 Å². The number of nitrogens with zero attached hydrogens (tertiary/aromatic N) is 3. The first-order chi connectivity index (χ1) is 11.5. The Kier molecular flexibility index (Phi) is 3.21. The van der Waals surface area contributed by atoms with Crippen LogP contribution < -0.4 is 11.5 Å². The fraction of sp³-hybridized carbons (Fsp3) is 0.0588. The van der Waals surface area contributed by atoms with Crippen molar-refractivity contribution in [2.45, 2.75) is 0 Å². The minimum Gasteiger partial charge on any atom is -0.383 e. The molecule has 2 heterocycles. The zero-order valence-electron chi connectivity index (χ0n) is 12.7. The van der Waals surface area contributed by atoms with E-state index in [2.05, 4.69) is 25.9 Å². The predicted molar refractivity (Wildman–Crippen MR) is 97.9 cm³/mol. The van der Waals surface area contributed by atoms with Gasteiger partial charge < -0.3 is 16.0 Å². The molecule has 0 spiro atoms. The smallest absolute Gasteiger partial charge is 0.222 e. The van der Waals surface area contributed by atoms with E-state index < -0.39 is 0 Å². The molecule has 120 valence electrons. The third kappa shape index (κ3) is 2.12. The average molecular weight is 386 g/mol. The van der Waals surface area contributed by atoms with Crippen LogP contribution >= 0.6 is 15.9 Å². The molecular weight excluding hydrogens is 373 g/mol. The van der Waals surface area contributed by atoms with Gasteiger partial charge in [-0.3, -0.25) is 0 Å². The fourth-order valence-corrected chi connectivity index (χ4v) is 3.41. The Labute approximate surface area is 145 Å². The molecule has 4 aromatic rings. The summed E-state index contributed by atoms with van der Waals surface area (Å²) in [6.45, 7) is 0. The summed E-state index contributed by atoms with van der Waals surface area (Å²) in [5, 5.41) is 1.59. The quantitative estimate of drug-likeness (QED) is 0.521. The highest BCUT2D eigenvalue weighted by Crippen LogP contribution is 2.38. The van der Waals surface area contributed by atoms with Gasteiger partial charge in [-0.05, 0) is 24.3 Å². The first-order valence-corrected chi connectivity index (χ1v) is 8.01. The summed E-state index contributed by atoms with van der Waals surface area (Å²) in [4.78, 5) is 8.32. The Morgan fingerprint density at radius 2 is 1.88 bits per heavy atom. The lowest BCUT2D eigenvalue weighted by Crippen LogP contribution is -2.01. The zero-order valence-corrected chi connectivity index (χ0v) is 14.3. The molecule has 0 atom stereocenters. The predicted octanol–water partition coefficient (Wildman–Crippen LogP) is 3.85. The van der Waals surface area contributed by atoms with Gasteiger partial charge in [-0.15, -0.1) is 0 Å². The van der Waals surface area contributed by atoms with Gasteiger partial charge in [-0.1, -0.05) is 22.0 Å². The highest BCUT2D eigenvalue weighted by molar-refractivity contribution is 9.10. The Balaban J connectivity index is 2.20.